The van der Waals surface area contributed by atoms with Crippen LogP contribution in [0.3, 0.4) is 0 Å². The van der Waals surface area contributed by atoms with Gasteiger partial charge in [-0.25, -0.2) is 0 Å². The zero-order valence-electron chi connectivity index (χ0n) is 10.7. The third-order valence-electron chi connectivity index (χ3n) is 2.64. The Morgan fingerprint density at radius 1 is 1.32 bits per heavy atom. The number of nitrogens with one attached hydrogen (secondary N) is 1. The van der Waals surface area contributed by atoms with E-state index in [1.165, 1.54) is 14.0 Å². The molecular weight excluding hydrogens is 259 g/mol. The number of methoxy groups -OCH3 is 1. The molecule has 3 nitrogen and oxygen atoms in total. The monoisotopic (exact) mass is 275 g/mol. The van der Waals surface area contributed by atoms with Crippen molar-refractivity contribution < 1.29 is 22.7 Å². The fourth-order valence-electron chi connectivity index (χ4n) is 1.74. The lowest BCUT2D eigenvalue weighted by molar-refractivity contribution is -0.148. The minimum absolute atomic E-state index is 0.482. The fourth-order valence-corrected chi connectivity index (χ4v) is 1.74. The minimum atomic E-state index is -4.32. The average Bonchev–Trinajstić information content (AvgIpc) is 2.36. The van der Waals surface area contributed by atoms with Gasteiger partial charge < -0.3 is 4.74 Å². The van der Waals surface area contributed by atoms with Crippen LogP contribution in [-0.2, 0) is 9.53 Å². The highest BCUT2D eigenvalue weighted by molar-refractivity contribution is 5.75. The summed E-state index contributed by atoms with van der Waals surface area (Å²) in [5.74, 6) is -0.594. The molecule has 2 unspecified atom stereocenters. The van der Waals surface area contributed by atoms with E-state index >= 15 is 0 Å². The molecule has 0 aliphatic heterocycles. The summed E-state index contributed by atoms with van der Waals surface area (Å²) in [6, 6.07) is 6.43. The quantitative estimate of drug-likeness (QED) is 0.840. The molecule has 1 aromatic carbocycles. The lowest BCUT2D eigenvalue weighted by Gasteiger charge is -2.23. The Morgan fingerprint density at radius 3 is 2.37 bits per heavy atom. The molecule has 0 amide bonds. The van der Waals surface area contributed by atoms with Crippen molar-refractivity contribution >= 4 is 5.97 Å². The topological polar surface area (TPSA) is 38.3 Å². The minimum Gasteiger partial charge on any atom is -0.468 e. The number of halogens is 3. The maximum atomic E-state index is 12.6. The Bertz CT molecular complexity index is 406. The molecule has 0 spiro atoms. The van der Waals surface area contributed by atoms with Gasteiger partial charge in [-0.1, -0.05) is 30.3 Å². The van der Waals surface area contributed by atoms with E-state index in [-0.39, 0.29) is 0 Å². The molecule has 1 rings (SSSR count). The second-order valence-corrected chi connectivity index (χ2v) is 4.19. The van der Waals surface area contributed by atoms with Gasteiger partial charge in [-0.3, -0.25) is 10.1 Å². The summed E-state index contributed by atoms with van der Waals surface area (Å²) < 4.78 is 42.2. The van der Waals surface area contributed by atoms with E-state index in [0.29, 0.717) is 5.56 Å². The Hall–Kier alpha value is -1.56. The highest BCUT2D eigenvalue weighted by atomic mass is 19.4. The number of alkyl halides is 3. The van der Waals surface area contributed by atoms with Crippen LogP contribution in [0.4, 0.5) is 13.2 Å². The molecule has 19 heavy (non-hydrogen) atoms. The zero-order chi connectivity index (χ0) is 14.5. The van der Waals surface area contributed by atoms with Gasteiger partial charge in [0.1, 0.15) is 6.04 Å². The van der Waals surface area contributed by atoms with E-state index in [4.69, 9.17) is 0 Å². The molecule has 0 saturated carbocycles. The van der Waals surface area contributed by atoms with E-state index in [0.717, 1.165) is 0 Å². The summed E-state index contributed by atoms with van der Waals surface area (Å²) in [5, 5.41) is 2.65. The number of hydrogen-bond donors (Lipinski definition) is 1. The van der Waals surface area contributed by atoms with Gasteiger partial charge in [0.25, 0.3) is 0 Å². The third-order valence-corrected chi connectivity index (χ3v) is 2.64. The molecule has 1 N–H and O–H groups in total. The summed E-state index contributed by atoms with van der Waals surface area (Å²) >= 11 is 0. The number of rotatable bonds is 5. The van der Waals surface area contributed by atoms with Crippen LogP contribution in [0, 0.1) is 0 Å². The van der Waals surface area contributed by atoms with Crippen LogP contribution in [0.15, 0.2) is 30.3 Å². The normalized spacial score (nSPS) is 14.8. The van der Waals surface area contributed by atoms with Gasteiger partial charge in [-0.15, -0.1) is 0 Å². The number of ether oxygens (including phenoxy) is 1. The maximum Gasteiger partial charge on any atom is 0.390 e. The van der Waals surface area contributed by atoms with Crippen LogP contribution >= 0.6 is 0 Å². The molecule has 0 bridgehead atoms. The van der Waals surface area contributed by atoms with Crippen LogP contribution in [0.1, 0.15) is 24.9 Å². The van der Waals surface area contributed by atoms with Crippen molar-refractivity contribution in [2.24, 2.45) is 0 Å². The van der Waals surface area contributed by atoms with E-state index in [1.807, 2.05) is 0 Å². The second-order valence-electron chi connectivity index (χ2n) is 4.19. The molecule has 0 aromatic heterocycles. The molecule has 0 saturated heterocycles. The molecule has 0 radical (unpaired) electrons. The third kappa shape index (κ3) is 5.30. The first-order valence-electron chi connectivity index (χ1n) is 5.79. The van der Waals surface area contributed by atoms with Crippen LogP contribution in [0.2, 0.25) is 0 Å². The first-order valence-corrected chi connectivity index (χ1v) is 5.79. The standard InChI is InChI=1S/C13H16F3NO2/c1-9(12(18)19-2)17-11(8-13(14,15)16)10-6-4-3-5-7-10/h3-7,9,11,17H,8H2,1-2H3. The predicted molar refractivity (Wildman–Crippen MR) is 64.5 cm³/mol. The highest BCUT2D eigenvalue weighted by Gasteiger charge is 2.33. The first-order chi connectivity index (χ1) is 8.83. The number of benzene rings is 1. The number of carbonyl (C=O) groups excluding carboxylic acids is 1. The average molecular weight is 275 g/mol. The highest BCUT2D eigenvalue weighted by Crippen LogP contribution is 2.29. The summed E-state index contributed by atoms with van der Waals surface area (Å²) in [5.41, 5.74) is 0.482. The van der Waals surface area contributed by atoms with Crippen molar-refractivity contribution in [1.29, 1.82) is 0 Å². The van der Waals surface area contributed by atoms with E-state index in [2.05, 4.69) is 10.1 Å². The zero-order valence-corrected chi connectivity index (χ0v) is 10.7. The van der Waals surface area contributed by atoms with Crippen LogP contribution in [0.25, 0.3) is 0 Å². The van der Waals surface area contributed by atoms with Crippen LogP contribution in [0.5, 0.6) is 0 Å². The Balaban J connectivity index is 2.85. The molecule has 2 atom stereocenters. The fraction of sp³-hybridized carbons (Fsp3) is 0.462. The predicted octanol–water partition coefficient (Wildman–Crippen LogP) is 2.83. The van der Waals surface area contributed by atoms with Crippen molar-refractivity contribution in [1.82, 2.24) is 5.32 Å². The Kier molecular flexibility index (Phi) is 5.35. The molecule has 0 fully saturated rings. The van der Waals surface area contributed by atoms with Gasteiger partial charge in [-0.05, 0) is 12.5 Å². The molecular formula is C13H16F3NO2. The molecule has 0 heterocycles. The number of esters is 1. The Morgan fingerprint density at radius 2 is 1.89 bits per heavy atom. The van der Waals surface area contributed by atoms with Crippen molar-refractivity contribution in [3.8, 4) is 0 Å². The van der Waals surface area contributed by atoms with Crippen molar-refractivity contribution in [3.63, 3.8) is 0 Å². The lowest BCUT2D eigenvalue weighted by Crippen LogP contribution is -2.39. The molecule has 106 valence electrons. The van der Waals surface area contributed by atoms with Crippen LogP contribution in [-0.4, -0.2) is 25.3 Å². The molecule has 1 aromatic rings. The smallest absolute Gasteiger partial charge is 0.390 e. The van der Waals surface area contributed by atoms with Gasteiger partial charge >= 0.3 is 12.1 Å². The molecule has 0 aliphatic rings. The summed E-state index contributed by atoms with van der Waals surface area (Å²) in [4.78, 5) is 11.3. The van der Waals surface area contributed by atoms with E-state index in [1.54, 1.807) is 30.3 Å². The maximum absolute atomic E-state index is 12.6. The van der Waals surface area contributed by atoms with Crippen molar-refractivity contribution in [3.05, 3.63) is 35.9 Å². The Labute approximate surface area is 109 Å². The number of hydrogen-bond acceptors (Lipinski definition) is 3. The number of carbonyl (C=O) groups is 1. The second kappa shape index (κ2) is 6.56. The summed E-state index contributed by atoms with van der Waals surface area (Å²) in [6.45, 7) is 1.47. The van der Waals surface area contributed by atoms with E-state index in [9.17, 15) is 18.0 Å². The summed E-state index contributed by atoms with van der Waals surface area (Å²) in [7, 11) is 1.20. The largest absolute Gasteiger partial charge is 0.468 e. The van der Waals surface area contributed by atoms with Crippen molar-refractivity contribution in [2.45, 2.75) is 31.6 Å². The molecule has 6 heteroatoms. The first kappa shape index (κ1) is 15.5. The van der Waals surface area contributed by atoms with Gasteiger partial charge in [0.2, 0.25) is 0 Å². The van der Waals surface area contributed by atoms with E-state index < -0.39 is 30.7 Å². The van der Waals surface area contributed by atoms with Gasteiger partial charge in [0.15, 0.2) is 0 Å². The lowest BCUT2D eigenvalue weighted by atomic mass is 10.0. The SMILES string of the molecule is COC(=O)C(C)NC(CC(F)(F)F)c1ccccc1. The van der Waals surface area contributed by atoms with Crippen molar-refractivity contribution in [2.75, 3.05) is 7.11 Å². The summed E-state index contributed by atoms with van der Waals surface area (Å²) in [6.07, 6.45) is -5.36. The van der Waals surface area contributed by atoms with Crippen LogP contribution < -0.4 is 5.32 Å². The van der Waals surface area contributed by atoms with Gasteiger partial charge in [0, 0.05) is 6.04 Å². The van der Waals surface area contributed by atoms with Gasteiger partial charge in [-0.2, -0.15) is 13.2 Å². The molecule has 0 aliphatic carbocycles. The van der Waals surface area contributed by atoms with Gasteiger partial charge in [0.05, 0.1) is 13.5 Å².